The van der Waals surface area contributed by atoms with Crippen molar-refractivity contribution in [2.24, 2.45) is 10.2 Å². The molecule has 0 fully saturated rings. The first-order chi connectivity index (χ1) is 11.5. The maximum Gasteiger partial charge on any atom is 0.337 e. The molecule has 2 N–H and O–H groups in total. The lowest BCUT2D eigenvalue weighted by atomic mass is 10.1. The van der Waals surface area contributed by atoms with Gasteiger partial charge in [0.15, 0.2) is 0 Å². The number of nitrogens with zero attached hydrogens (tertiary/aromatic N) is 2. The van der Waals surface area contributed by atoms with Gasteiger partial charge in [-0.3, -0.25) is 0 Å². The Morgan fingerprint density at radius 1 is 1.08 bits per heavy atom. The first-order valence-corrected chi connectivity index (χ1v) is 7.51. The minimum atomic E-state index is -1.13. The van der Waals surface area contributed by atoms with Gasteiger partial charge in [0.2, 0.25) is 0 Å². The number of aromatic hydroxyl groups is 1. The van der Waals surface area contributed by atoms with Crippen LogP contribution in [0.25, 0.3) is 10.8 Å². The number of phenols is 1. The molecule has 0 aromatic heterocycles. The summed E-state index contributed by atoms with van der Waals surface area (Å²) >= 11 is 5.92. The zero-order valence-corrected chi connectivity index (χ0v) is 13.4. The number of azo groups is 1. The monoisotopic (exact) mass is 340 g/mol. The van der Waals surface area contributed by atoms with Crippen molar-refractivity contribution in [3.63, 3.8) is 0 Å². The van der Waals surface area contributed by atoms with Crippen molar-refractivity contribution in [1.29, 1.82) is 0 Å². The van der Waals surface area contributed by atoms with Gasteiger partial charge >= 0.3 is 5.97 Å². The predicted octanol–water partition coefficient (Wildman–Crippen LogP) is 5.62. The number of phenolic OH excluding ortho intramolecular Hbond substituents is 1. The van der Waals surface area contributed by atoms with Crippen molar-refractivity contribution in [2.45, 2.75) is 6.92 Å². The topological polar surface area (TPSA) is 82.2 Å². The number of hydrogen-bond donors (Lipinski definition) is 2. The average Bonchev–Trinajstić information content (AvgIpc) is 2.55. The highest BCUT2D eigenvalue weighted by Gasteiger charge is 2.12. The van der Waals surface area contributed by atoms with E-state index in [1.54, 1.807) is 19.1 Å². The summed E-state index contributed by atoms with van der Waals surface area (Å²) in [6, 6.07) is 13.7. The number of carbonyl (C=O) groups is 1. The van der Waals surface area contributed by atoms with Gasteiger partial charge in [0.05, 0.1) is 16.3 Å². The molecule has 5 nitrogen and oxygen atoms in total. The minimum absolute atomic E-state index is 0.00234. The molecule has 0 atom stereocenters. The standard InChI is InChI=1S/C18H13ClN2O3/c1-10-8-14(19)13(18(23)24)9-15(10)20-21-17-12-5-3-2-4-11(12)6-7-16(17)22/h2-9,22H,1H3,(H,23,24)/b21-20+. The zero-order valence-electron chi connectivity index (χ0n) is 12.7. The second-order valence-corrected chi connectivity index (χ2v) is 5.69. The third-order valence-electron chi connectivity index (χ3n) is 3.65. The van der Waals surface area contributed by atoms with E-state index in [1.807, 2.05) is 24.3 Å². The fourth-order valence-corrected chi connectivity index (χ4v) is 2.68. The summed E-state index contributed by atoms with van der Waals surface area (Å²) < 4.78 is 0. The maximum absolute atomic E-state index is 11.2. The van der Waals surface area contributed by atoms with Gasteiger partial charge < -0.3 is 10.2 Å². The van der Waals surface area contributed by atoms with Crippen LogP contribution >= 0.6 is 11.6 Å². The summed E-state index contributed by atoms with van der Waals surface area (Å²) in [5.41, 5.74) is 1.36. The first-order valence-electron chi connectivity index (χ1n) is 7.13. The Morgan fingerprint density at radius 2 is 1.83 bits per heavy atom. The van der Waals surface area contributed by atoms with Crippen LogP contribution in [0.15, 0.2) is 58.8 Å². The molecule has 0 unspecified atom stereocenters. The van der Waals surface area contributed by atoms with E-state index < -0.39 is 5.97 Å². The normalized spacial score (nSPS) is 11.2. The predicted molar refractivity (Wildman–Crippen MR) is 92.9 cm³/mol. The van der Waals surface area contributed by atoms with Gasteiger partial charge in [-0.25, -0.2) is 4.79 Å². The molecule has 0 radical (unpaired) electrons. The van der Waals surface area contributed by atoms with Crippen molar-refractivity contribution < 1.29 is 15.0 Å². The van der Waals surface area contributed by atoms with Gasteiger partial charge in [0, 0.05) is 5.39 Å². The molecular formula is C18H13ClN2O3. The van der Waals surface area contributed by atoms with Gasteiger partial charge in [-0.05, 0) is 36.1 Å². The van der Waals surface area contributed by atoms with Crippen molar-refractivity contribution in [1.82, 2.24) is 0 Å². The summed E-state index contributed by atoms with van der Waals surface area (Å²) in [7, 11) is 0. The van der Waals surface area contributed by atoms with Crippen LogP contribution in [0.2, 0.25) is 5.02 Å². The van der Waals surface area contributed by atoms with E-state index in [-0.39, 0.29) is 16.3 Å². The molecule has 3 rings (SSSR count). The quantitative estimate of drug-likeness (QED) is 0.607. The van der Waals surface area contributed by atoms with Crippen LogP contribution in [0.3, 0.4) is 0 Å². The zero-order chi connectivity index (χ0) is 17.3. The number of carboxylic acids is 1. The largest absolute Gasteiger partial charge is 0.506 e. The molecule has 0 bridgehead atoms. The van der Waals surface area contributed by atoms with E-state index in [4.69, 9.17) is 16.7 Å². The summed E-state index contributed by atoms with van der Waals surface area (Å²) in [5.74, 6) is -1.13. The van der Waals surface area contributed by atoms with Crippen molar-refractivity contribution >= 4 is 39.7 Å². The third kappa shape index (κ3) is 2.94. The van der Waals surface area contributed by atoms with Crippen molar-refractivity contribution in [2.75, 3.05) is 0 Å². The Morgan fingerprint density at radius 3 is 2.58 bits per heavy atom. The highest BCUT2D eigenvalue weighted by atomic mass is 35.5. The van der Waals surface area contributed by atoms with E-state index in [0.717, 1.165) is 10.8 Å². The lowest BCUT2D eigenvalue weighted by molar-refractivity contribution is 0.0697. The fraction of sp³-hybridized carbons (Fsp3) is 0.0556. The summed E-state index contributed by atoms with van der Waals surface area (Å²) in [6.07, 6.45) is 0. The molecule has 6 heteroatoms. The summed E-state index contributed by atoms with van der Waals surface area (Å²) in [4.78, 5) is 11.2. The number of aryl methyl sites for hydroxylation is 1. The van der Waals surface area contributed by atoms with Gasteiger partial charge in [0.25, 0.3) is 0 Å². The van der Waals surface area contributed by atoms with Crippen LogP contribution < -0.4 is 0 Å². The number of aromatic carboxylic acids is 1. The van der Waals surface area contributed by atoms with Crippen molar-refractivity contribution in [3.8, 4) is 5.75 Å². The number of halogens is 1. The molecule has 0 saturated heterocycles. The lowest BCUT2D eigenvalue weighted by Crippen LogP contribution is -1.97. The molecule has 0 heterocycles. The van der Waals surface area contributed by atoms with E-state index >= 15 is 0 Å². The van der Waals surface area contributed by atoms with Crippen LogP contribution in [-0.4, -0.2) is 16.2 Å². The van der Waals surface area contributed by atoms with Gasteiger partial charge in [-0.15, -0.1) is 5.11 Å². The second-order valence-electron chi connectivity index (χ2n) is 5.28. The molecule has 0 saturated carbocycles. The number of benzene rings is 3. The molecular weight excluding hydrogens is 328 g/mol. The number of rotatable bonds is 3. The minimum Gasteiger partial charge on any atom is -0.506 e. The van der Waals surface area contributed by atoms with E-state index in [1.165, 1.54) is 12.1 Å². The summed E-state index contributed by atoms with van der Waals surface area (Å²) in [5, 5.41) is 29.3. The van der Waals surface area contributed by atoms with Crippen LogP contribution in [0, 0.1) is 6.92 Å². The second kappa shape index (κ2) is 6.29. The van der Waals surface area contributed by atoms with Crippen molar-refractivity contribution in [3.05, 3.63) is 64.7 Å². The molecule has 3 aromatic carbocycles. The summed E-state index contributed by atoms with van der Waals surface area (Å²) in [6.45, 7) is 1.76. The number of fused-ring (bicyclic) bond motifs is 1. The van der Waals surface area contributed by atoms with Crippen LogP contribution in [0.5, 0.6) is 5.75 Å². The molecule has 0 aliphatic heterocycles. The third-order valence-corrected chi connectivity index (χ3v) is 3.97. The Kier molecular flexibility index (Phi) is 4.18. The lowest BCUT2D eigenvalue weighted by Gasteiger charge is -2.06. The molecule has 0 amide bonds. The maximum atomic E-state index is 11.2. The Labute approximate surface area is 142 Å². The van der Waals surface area contributed by atoms with E-state index in [2.05, 4.69) is 10.2 Å². The molecule has 24 heavy (non-hydrogen) atoms. The van der Waals surface area contributed by atoms with Gasteiger partial charge in [-0.1, -0.05) is 41.9 Å². The first kappa shape index (κ1) is 16.0. The smallest absolute Gasteiger partial charge is 0.337 e. The van der Waals surface area contributed by atoms with Gasteiger partial charge in [0.1, 0.15) is 11.4 Å². The van der Waals surface area contributed by atoms with Crippen LogP contribution in [0.4, 0.5) is 11.4 Å². The molecule has 120 valence electrons. The average molecular weight is 341 g/mol. The Bertz CT molecular complexity index is 983. The molecule has 0 aliphatic rings. The molecule has 3 aromatic rings. The fourth-order valence-electron chi connectivity index (χ4n) is 2.39. The number of carboxylic acid groups (broad SMARTS) is 1. The molecule has 0 aliphatic carbocycles. The van der Waals surface area contributed by atoms with Gasteiger partial charge in [-0.2, -0.15) is 5.11 Å². The van der Waals surface area contributed by atoms with Crippen LogP contribution in [0.1, 0.15) is 15.9 Å². The van der Waals surface area contributed by atoms with E-state index in [0.29, 0.717) is 16.9 Å². The molecule has 0 spiro atoms. The highest BCUT2D eigenvalue weighted by Crippen LogP contribution is 2.36. The van der Waals surface area contributed by atoms with E-state index in [9.17, 15) is 9.90 Å². The Hall–Kier alpha value is -2.92. The highest BCUT2D eigenvalue weighted by molar-refractivity contribution is 6.33. The van der Waals surface area contributed by atoms with Crippen LogP contribution in [-0.2, 0) is 0 Å². The Balaban J connectivity index is 2.11. The SMILES string of the molecule is Cc1cc(Cl)c(C(=O)O)cc1/N=N/c1c(O)ccc2ccccc12. The number of hydrogen-bond acceptors (Lipinski definition) is 4.